The number of nitrogens with zero attached hydrogens (tertiary/aromatic N) is 3. The van der Waals surface area contributed by atoms with Gasteiger partial charge in [0.2, 0.25) is 12.3 Å². The lowest BCUT2D eigenvalue weighted by molar-refractivity contribution is -0.197. The largest absolute Gasteiger partial charge is 0.496 e. The van der Waals surface area contributed by atoms with Gasteiger partial charge in [-0.3, -0.25) is 43.2 Å². The molecule has 336 valence electrons. The molecule has 2 saturated heterocycles. The van der Waals surface area contributed by atoms with Crippen molar-refractivity contribution in [1.29, 1.82) is 0 Å². The third kappa shape index (κ3) is 7.02. The van der Waals surface area contributed by atoms with Crippen LogP contribution >= 0.6 is 15.9 Å². The number of amides is 4. The molecule has 8 atom stereocenters. The minimum absolute atomic E-state index is 0.140. The molecule has 2 aliphatic carbocycles. The van der Waals surface area contributed by atoms with Crippen LogP contribution < -0.4 is 24.4 Å². The van der Waals surface area contributed by atoms with Crippen molar-refractivity contribution in [3.8, 4) is 11.5 Å². The Morgan fingerprint density at radius 3 is 2.32 bits per heavy atom. The van der Waals surface area contributed by atoms with Crippen molar-refractivity contribution in [1.82, 2.24) is 15.1 Å². The first-order valence-electron chi connectivity index (χ1n) is 20.3. The molecule has 0 aromatic heterocycles. The van der Waals surface area contributed by atoms with Gasteiger partial charge in [0, 0.05) is 39.8 Å². The van der Waals surface area contributed by atoms with E-state index in [1.807, 2.05) is 31.2 Å². The van der Waals surface area contributed by atoms with Gasteiger partial charge in [0.25, 0.3) is 23.1 Å². The molecule has 2 heterocycles. The topological polar surface area (TPSA) is 167 Å². The van der Waals surface area contributed by atoms with E-state index in [2.05, 4.69) is 26.0 Å². The zero-order valence-electron chi connectivity index (χ0n) is 34.4. The van der Waals surface area contributed by atoms with Crippen LogP contribution in [0.15, 0.2) is 126 Å². The van der Waals surface area contributed by atoms with Gasteiger partial charge in [-0.1, -0.05) is 70.5 Å². The van der Waals surface area contributed by atoms with E-state index in [0.717, 1.165) is 39.2 Å². The van der Waals surface area contributed by atoms with E-state index < -0.39 is 82.1 Å². The van der Waals surface area contributed by atoms with Gasteiger partial charge in [-0.25, -0.2) is 4.21 Å². The predicted octanol–water partition coefficient (Wildman–Crippen LogP) is 7.28. The van der Waals surface area contributed by atoms with Gasteiger partial charge in [-0.2, -0.15) is 13.2 Å². The molecule has 0 bridgehead atoms. The number of ether oxygens (including phenoxy) is 3. The molecule has 2 saturated carbocycles. The fourth-order valence-electron chi connectivity index (χ4n) is 9.81. The fraction of sp³-hybridized carbons (Fsp3) is 0.261. The highest BCUT2D eigenvalue weighted by atomic mass is 79.9. The Kier molecular flexibility index (Phi) is 11.2. The molecule has 65 heavy (non-hydrogen) atoms. The van der Waals surface area contributed by atoms with Crippen LogP contribution in [-0.4, -0.2) is 68.2 Å². The van der Waals surface area contributed by atoms with Crippen LogP contribution in [-0.2, 0) is 47.9 Å². The molecule has 14 nitrogen and oxygen atoms in total. The number of hydrogen-bond donors (Lipinski definition) is 3. The minimum Gasteiger partial charge on any atom is -0.496 e. The van der Waals surface area contributed by atoms with Crippen molar-refractivity contribution < 1.29 is 55.3 Å². The van der Waals surface area contributed by atoms with Crippen LogP contribution in [0.3, 0.4) is 0 Å². The van der Waals surface area contributed by atoms with Crippen LogP contribution in [0.5, 0.6) is 11.5 Å². The number of alkyl halides is 3. The Morgan fingerprint density at radius 2 is 1.69 bits per heavy atom. The number of rotatable bonds is 16. The number of halogens is 4. The van der Waals surface area contributed by atoms with Gasteiger partial charge >= 0.3 is 6.18 Å². The molecule has 9 rings (SSSR count). The monoisotopic (exact) mass is 973 g/mol. The molecule has 5 aromatic carbocycles. The summed E-state index contributed by atoms with van der Waals surface area (Å²) in [5, 5.41) is 2.78. The second kappa shape index (κ2) is 16.6. The first-order chi connectivity index (χ1) is 31.2. The zero-order valence-corrected chi connectivity index (χ0v) is 36.8. The van der Waals surface area contributed by atoms with Gasteiger partial charge in [0.1, 0.15) is 22.6 Å². The van der Waals surface area contributed by atoms with Crippen molar-refractivity contribution in [2.75, 3.05) is 23.3 Å². The molecule has 3 unspecified atom stereocenters. The SMILES string of the molecule is CCOc1cccc([C@@H]2O[C@H](c3ccccc3OC)N([C@]34[C@@H]5C(c6ccc(Br)cc6)[C@]53C(=O)N4C(C(=O)NCc3ccc(NS(=O)O)cc3)N(C=O)c3ccc(C(F)(F)F)cc3)C2=O)c1. The lowest BCUT2D eigenvalue weighted by Gasteiger charge is -2.58. The lowest BCUT2D eigenvalue weighted by Crippen LogP contribution is -2.78. The van der Waals surface area contributed by atoms with Crippen LogP contribution in [0.1, 0.15) is 53.0 Å². The first-order valence-corrected chi connectivity index (χ1v) is 22.2. The first kappa shape index (κ1) is 43.9. The number of hydrogen-bond acceptors (Lipinski definition) is 8. The van der Waals surface area contributed by atoms with Crippen molar-refractivity contribution in [2.45, 2.75) is 49.7 Å². The smallest absolute Gasteiger partial charge is 0.416 e. The van der Waals surface area contributed by atoms with Gasteiger partial charge in [-0.05, 0) is 90.3 Å². The predicted molar refractivity (Wildman–Crippen MR) is 233 cm³/mol. The quantitative estimate of drug-likeness (QED) is 0.0523. The van der Waals surface area contributed by atoms with Crippen LogP contribution in [0, 0.1) is 11.3 Å². The molecular formula is C46H39BrF3N5O9S. The number of anilines is 2. The number of carbonyl (C=O) groups is 4. The average Bonchev–Trinajstić information content (AvgIpc) is 4.10. The molecule has 3 N–H and O–H groups in total. The van der Waals surface area contributed by atoms with Crippen molar-refractivity contribution in [2.24, 2.45) is 11.3 Å². The highest BCUT2D eigenvalue weighted by molar-refractivity contribution is 9.10. The van der Waals surface area contributed by atoms with E-state index in [1.54, 1.807) is 60.7 Å². The highest BCUT2D eigenvalue weighted by Gasteiger charge is 3.11. The number of piperidine rings is 1. The Balaban J connectivity index is 1.18. The molecule has 4 fully saturated rings. The Morgan fingerprint density at radius 1 is 0.985 bits per heavy atom. The Hall–Kier alpha value is -6.28. The van der Waals surface area contributed by atoms with E-state index in [9.17, 15) is 31.5 Å². The normalized spacial score (nSPS) is 24.8. The average molecular weight is 975 g/mol. The molecular weight excluding hydrogens is 935 g/mol. The summed E-state index contributed by atoms with van der Waals surface area (Å²) in [5.74, 6) is -2.22. The van der Waals surface area contributed by atoms with E-state index in [4.69, 9.17) is 14.2 Å². The standard InChI is InChI=1S/C46H39BrF3N5O9S/c1-3-63-33-8-6-7-28(23-33)37-41(58)55(42(64-37)34-9-4-5-10-35(34)62-2)45-38-36(27-13-17-30(47)18-14-27)44(38,45)43(59)54(45)40(53(25-56)32-21-15-29(16-22-32)46(48,49)50)39(57)51-24-26-11-19-31(20-12-26)52-65(60)61/h4-23,25,36-38,40,42,52H,3,24H2,1-2H3,(H,51,57)(H,60,61)/t36?,37-,38+,40?,42+,44+,45+/m0/s1. The molecule has 2 aliphatic heterocycles. The van der Waals surface area contributed by atoms with E-state index >= 15 is 9.59 Å². The molecule has 0 radical (unpaired) electrons. The summed E-state index contributed by atoms with van der Waals surface area (Å²) in [7, 11) is 1.46. The van der Waals surface area contributed by atoms with Gasteiger partial charge in [0.05, 0.1) is 19.3 Å². The van der Waals surface area contributed by atoms with Crippen molar-refractivity contribution >= 4 is 62.7 Å². The summed E-state index contributed by atoms with van der Waals surface area (Å²) in [6.07, 6.45) is -8.78. The van der Waals surface area contributed by atoms with E-state index in [0.29, 0.717) is 40.5 Å². The van der Waals surface area contributed by atoms with Crippen LogP contribution in [0.25, 0.3) is 0 Å². The number of benzene rings is 5. The van der Waals surface area contributed by atoms with Gasteiger partial charge < -0.3 is 19.5 Å². The van der Waals surface area contributed by atoms with Crippen LogP contribution in [0.4, 0.5) is 24.5 Å². The number of nitrogens with one attached hydrogen (secondary N) is 2. The third-order valence-corrected chi connectivity index (χ3v) is 13.5. The number of methoxy groups -OCH3 is 1. The molecule has 4 aliphatic rings. The maximum absolute atomic E-state index is 15.4. The Labute approximate surface area is 381 Å². The summed E-state index contributed by atoms with van der Waals surface area (Å²) >= 11 is 1.13. The molecule has 19 heteroatoms. The van der Waals surface area contributed by atoms with Gasteiger partial charge in [0.15, 0.2) is 18.5 Å². The highest BCUT2D eigenvalue weighted by Crippen LogP contribution is 2.99. The maximum Gasteiger partial charge on any atom is 0.416 e. The summed E-state index contributed by atoms with van der Waals surface area (Å²) in [5.41, 5.74) is -1.55. The summed E-state index contributed by atoms with van der Waals surface area (Å²) < 4.78 is 83.3. The second-order valence-electron chi connectivity index (χ2n) is 15.8. The van der Waals surface area contributed by atoms with Crippen LogP contribution in [0.2, 0.25) is 0 Å². The van der Waals surface area contributed by atoms with E-state index in [1.165, 1.54) is 29.0 Å². The summed E-state index contributed by atoms with van der Waals surface area (Å²) in [4.78, 5) is 62.5. The lowest BCUT2D eigenvalue weighted by atomic mass is 9.79. The van der Waals surface area contributed by atoms with Crippen molar-refractivity contribution in [3.05, 3.63) is 154 Å². The zero-order chi connectivity index (χ0) is 46.0. The number of carbonyl (C=O) groups excluding carboxylic acids is 4. The van der Waals surface area contributed by atoms with Gasteiger partial charge in [-0.15, -0.1) is 0 Å². The molecule has 1 spiro atoms. The third-order valence-electron chi connectivity index (χ3n) is 12.5. The van der Waals surface area contributed by atoms with Crippen molar-refractivity contribution in [3.63, 3.8) is 0 Å². The van der Waals surface area contributed by atoms with E-state index in [-0.39, 0.29) is 18.6 Å². The second-order valence-corrected chi connectivity index (χ2v) is 17.4. The molecule has 4 amide bonds. The summed E-state index contributed by atoms with van der Waals surface area (Å²) in [6, 6.07) is 30.9. The summed E-state index contributed by atoms with van der Waals surface area (Å²) in [6.45, 7) is 2.00. The molecule has 5 aromatic rings. The fourth-order valence-corrected chi connectivity index (χ4v) is 10.4. The Bertz CT molecular complexity index is 2710. The number of β-lactam (4-membered cyclic amide) rings is 1. The number of fused-ring (bicyclic) bond motifs is 1. The number of para-hydroxylation sites is 1. The maximum atomic E-state index is 15.4. The number of likely N-dealkylation sites (tertiary alicyclic amines) is 1. The minimum atomic E-state index is -4.72.